The van der Waals surface area contributed by atoms with Crippen LogP contribution in [0, 0.1) is 0 Å². The quantitative estimate of drug-likeness (QED) is 0.777. The minimum absolute atomic E-state index is 0.546. The number of thiazole rings is 1. The van der Waals surface area contributed by atoms with Crippen LogP contribution in [0.15, 0.2) is 5.51 Å². The largest absolute Gasteiger partial charge is 0.312 e. The van der Waals surface area contributed by atoms with Crippen LogP contribution in [-0.4, -0.2) is 11.5 Å². The first kappa shape index (κ1) is 9.68. The van der Waals surface area contributed by atoms with Gasteiger partial charge in [0.15, 0.2) is 0 Å². The summed E-state index contributed by atoms with van der Waals surface area (Å²) in [6.07, 6.45) is 0. The fourth-order valence-electron chi connectivity index (χ4n) is 1.12. The van der Waals surface area contributed by atoms with Gasteiger partial charge in [-0.3, -0.25) is 0 Å². The molecule has 0 fully saturated rings. The van der Waals surface area contributed by atoms with Gasteiger partial charge in [0.2, 0.25) is 0 Å². The van der Waals surface area contributed by atoms with E-state index in [1.165, 1.54) is 10.6 Å². The van der Waals surface area contributed by atoms with Crippen molar-refractivity contribution in [2.24, 2.45) is 0 Å². The lowest BCUT2D eigenvalue weighted by molar-refractivity contribution is 0.714. The van der Waals surface area contributed by atoms with Gasteiger partial charge in [0.05, 0.1) is 11.2 Å². The van der Waals surface area contributed by atoms with Crippen LogP contribution in [0.5, 0.6) is 0 Å². The molecule has 0 aliphatic heterocycles. The molecule has 12 heavy (non-hydrogen) atoms. The zero-order chi connectivity index (χ0) is 8.97. The summed E-state index contributed by atoms with van der Waals surface area (Å²) in [5.41, 5.74) is 3.18. The van der Waals surface area contributed by atoms with Crippen molar-refractivity contribution >= 4 is 11.3 Å². The summed E-state index contributed by atoms with van der Waals surface area (Å²) in [7, 11) is 0. The maximum Gasteiger partial charge on any atom is 0.0798 e. The zero-order valence-electron chi connectivity index (χ0n) is 7.92. The molecule has 68 valence electrons. The van der Waals surface area contributed by atoms with Crippen molar-refractivity contribution in [3.8, 4) is 0 Å². The number of hydrogen-bond donors (Lipinski definition) is 1. The molecule has 1 heterocycles. The van der Waals surface area contributed by atoms with Crippen molar-refractivity contribution in [3.63, 3.8) is 0 Å². The fraction of sp³-hybridized carbons (Fsp3) is 0.667. The minimum Gasteiger partial charge on any atom is -0.312 e. The minimum atomic E-state index is 0.546. The summed E-state index contributed by atoms with van der Waals surface area (Å²) >= 11 is 1.74. The first-order valence-corrected chi connectivity index (χ1v) is 5.26. The lowest BCUT2D eigenvalue weighted by Crippen LogP contribution is -2.12. The molecule has 0 unspecified atom stereocenters. The van der Waals surface area contributed by atoms with E-state index in [1.54, 1.807) is 11.3 Å². The van der Waals surface area contributed by atoms with Crippen molar-refractivity contribution in [1.29, 1.82) is 0 Å². The average Bonchev–Trinajstić information content (AvgIpc) is 2.48. The van der Waals surface area contributed by atoms with Gasteiger partial charge in [0.1, 0.15) is 0 Å². The van der Waals surface area contributed by atoms with Crippen LogP contribution in [0.4, 0.5) is 0 Å². The van der Waals surface area contributed by atoms with E-state index >= 15 is 0 Å². The third kappa shape index (κ3) is 2.29. The molecule has 0 radical (unpaired) electrons. The molecule has 0 aromatic carbocycles. The molecule has 0 saturated carbocycles. The Morgan fingerprint density at radius 3 is 2.92 bits per heavy atom. The Balaban J connectivity index is 2.64. The van der Waals surface area contributed by atoms with Crippen LogP contribution in [0.25, 0.3) is 0 Å². The molecule has 1 aromatic rings. The van der Waals surface area contributed by atoms with Gasteiger partial charge in [-0.2, -0.15) is 0 Å². The number of nitrogens with zero attached hydrogens (tertiary/aromatic N) is 1. The van der Waals surface area contributed by atoms with Crippen LogP contribution >= 0.6 is 11.3 Å². The Hall–Kier alpha value is -0.410. The van der Waals surface area contributed by atoms with Crippen LogP contribution in [-0.2, 0) is 6.54 Å². The highest BCUT2D eigenvalue weighted by atomic mass is 32.1. The summed E-state index contributed by atoms with van der Waals surface area (Å²) in [6.45, 7) is 8.48. The van der Waals surface area contributed by atoms with E-state index in [4.69, 9.17) is 0 Å². The smallest absolute Gasteiger partial charge is 0.0798 e. The van der Waals surface area contributed by atoms with Gasteiger partial charge in [-0.25, -0.2) is 4.98 Å². The average molecular weight is 184 g/mol. The predicted molar refractivity (Wildman–Crippen MR) is 53.6 cm³/mol. The van der Waals surface area contributed by atoms with E-state index in [0.717, 1.165) is 13.1 Å². The summed E-state index contributed by atoms with van der Waals surface area (Å²) in [5, 5.41) is 3.32. The first-order valence-electron chi connectivity index (χ1n) is 4.38. The molecule has 0 spiro atoms. The van der Waals surface area contributed by atoms with Gasteiger partial charge in [0.25, 0.3) is 0 Å². The molecule has 1 aromatic heterocycles. The van der Waals surface area contributed by atoms with Gasteiger partial charge >= 0.3 is 0 Å². The van der Waals surface area contributed by atoms with Crippen LogP contribution < -0.4 is 5.32 Å². The number of aromatic nitrogens is 1. The zero-order valence-corrected chi connectivity index (χ0v) is 8.74. The predicted octanol–water partition coefficient (Wildman–Crippen LogP) is 2.38. The van der Waals surface area contributed by atoms with Crippen molar-refractivity contribution in [3.05, 3.63) is 16.1 Å². The monoisotopic (exact) mass is 184 g/mol. The molecule has 0 amide bonds. The number of hydrogen-bond acceptors (Lipinski definition) is 3. The van der Waals surface area contributed by atoms with Crippen LogP contribution in [0.3, 0.4) is 0 Å². The molecule has 0 atom stereocenters. The van der Waals surface area contributed by atoms with Gasteiger partial charge in [-0.15, -0.1) is 11.3 Å². The molecule has 0 bridgehead atoms. The van der Waals surface area contributed by atoms with Gasteiger partial charge < -0.3 is 5.32 Å². The Kier molecular flexibility index (Phi) is 3.69. The molecule has 0 saturated heterocycles. The van der Waals surface area contributed by atoms with E-state index in [0.29, 0.717) is 5.92 Å². The van der Waals surface area contributed by atoms with Gasteiger partial charge in [-0.1, -0.05) is 20.8 Å². The highest BCUT2D eigenvalue weighted by molar-refractivity contribution is 7.09. The summed E-state index contributed by atoms with van der Waals surface area (Å²) in [4.78, 5) is 5.73. The van der Waals surface area contributed by atoms with Crippen LogP contribution in [0.1, 0.15) is 37.3 Å². The van der Waals surface area contributed by atoms with Crippen molar-refractivity contribution < 1.29 is 0 Å². The summed E-state index contributed by atoms with van der Waals surface area (Å²) in [5.74, 6) is 0.546. The highest BCUT2D eigenvalue weighted by Crippen LogP contribution is 2.20. The second kappa shape index (κ2) is 4.58. The van der Waals surface area contributed by atoms with E-state index in [2.05, 4.69) is 31.1 Å². The van der Waals surface area contributed by atoms with E-state index in [-0.39, 0.29) is 0 Å². The van der Waals surface area contributed by atoms with Gasteiger partial charge in [0, 0.05) is 11.4 Å². The summed E-state index contributed by atoms with van der Waals surface area (Å²) < 4.78 is 0. The topological polar surface area (TPSA) is 24.9 Å². The van der Waals surface area contributed by atoms with Crippen molar-refractivity contribution in [2.45, 2.75) is 33.2 Å². The third-order valence-electron chi connectivity index (χ3n) is 1.75. The molecule has 1 rings (SSSR count). The SMILES string of the molecule is CCNCc1scnc1C(C)C. The van der Waals surface area contributed by atoms with Crippen molar-refractivity contribution in [1.82, 2.24) is 10.3 Å². The molecule has 3 heteroatoms. The number of rotatable bonds is 4. The highest BCUT2D eigenvalue weighted by Gasteiger charge is 2.08. The normalized spacial score (nSPS) is 11.0. The number of nitrogens with one attached hydrogen (secondary N) is 1. The molecule has 1 N–H and O–H groups in total. The molecular weight excluding hydrogens is 168 g/mol. The van der Waals surface area contributed by atoms with Gasteiger partial charge in [-0.05, 0) is 12.5 Å². The lowest BCUT2D eigenvalue weighted by atomic mass is 10.1. The molecule has 0 aliphatic carbocycles. The van der Waals surface area contributed by atoms with E-state index in [1.807, 2.05) is 5.51 Å². The standard InChI is InChI=1S/C9H16N2S/c1-4-10-5-8-9(7(2)3)11-6-12-8/h6-7,10H,4-5H2,1-3H3. The fourth-order valence-corrected chi connectivity index (χ4v) is 2.01. The molecular formula is C9H16N2S. The Labute approximate surface area is 78.0 Å². The lowest BCUT2D eigenvalue weighted by Gasteiger charge is -2.04. The Bertz CT molecular complexity index is 230. The molecule has 2 nitrogen and oxygen atoms in total. The van der Waals surface area contributed by atoms with E-state index < -0.39 is 0 Å². The second-order valence-corrected chi connectivity index (χ2v) is 4.04. The Morgan fingerprint density at radius 2 is 2.33 bits per heavy atom. The van der Waals surface area contributed by atoms with Crippen LogP contribution in [0.2, 0.25) is 0 Å². The molecule has 0 aliphatic rings. The third-order valence-corrected chi connectivity index (χ3v) is 2.60. The first-order chi connectivity index (χ1) is 5.75. The maximum atomic E-state index is 4.35. The second-order valence-electron chi connectivity index (χ2n) is 3.10. The summed E-state index contributed by atoms with van der Waals surface area (Å²) in [6, 6.07) is 0. The van der Waals surface area contributed by atoms with E-state index in [9.17, 15) is 0 Å². The Morgan fingerprint density at radius 1 is 1.58 bits per heavy atom. The maximum absolute atomic E-state index is 4.35. The van der Waals surface area contributed by atoms with Crippen molar-refractivity contribution in [2.75, 3.05) is 6.54 Å².